The van der Waals surface area contributed by atoms with Gasteiger partial charge in [0.15, 0.2) is 0 Å². The van der Waals surface area contributed by atoms with Crippen LogP contribution in [0.15, 0.2) is 30.9 Å². The van der Waals surface area contributed by atoms with Gasteiger partial charge in [0.25, 0.3) is 0 Å². The molecule has 0 fully saturated rings. The lowest BCUT2D eigenvalue weighted by Crippen LogP contribution is -1.95. The largest absolute Gasteiger partial charge is 0.494 e. The van der Waals surface area contributed by atoms with E-state index in [0.717, 1.165) is 11.3 Å². The summed E-state index contributed by atoms with van der Waals surface area (Å²) in [4.78, 5) is 0. The average molecular weight is 210 g/mol. The predicted molar refractivity (Wildman–Crippen MR) is 60.9 cm³/mol. The summed E-state index contributed by atoms with van der Waals surface area (Å²) >= 11 is 6.03. The van der Waals surface area contributed by atoms with Crippen molar-refractivity contribution in [2.24, 2.45) is 0 Å². The molecular formula is C12H14ClO. The van der Waals surface area contributed by atoms with E-state index in [-0.39, 0.29) is 5.92 Å². The molecule has 0 spiro atoms. The minimum absolute atomic E-state index is 0.00269. The van der Waals surface area contributed by atoms with Gasteiger partial charge < -0.3 is 4.74 Å². The van der Waals surface area contributed by atoms with Gasteiger partial charge in [0.1, 0.15) is 5.75 Å². The summed E-state index contributed by atoms with van der Waals surface area (Å²) in [5.41, 5.74) is 0.951. The fourth-order valence-corrected chi connectivity index (χ4v) is 1.45. The monoisotopic (exact) mass is 209 g/mol. The Balaban J connectivity index is 3.01. The first kappa shape index (κ1) is 11.1. The van der Waals surface area contributed by atoms with E-state index in [1.807, 2.05) is 25.1 Å². The Morgan fingerprint density at radius 1 is 1.57 bits per heavy atom. The van der Waals surface area contributed by atoms with Gasteiger partial charge in [0.2, 0.25) is 0 Å². The molecule has 1 aromatic carbocycles. The summed E-state index contributed by atoms with van der Waals surface area (Å²) < 4.78 is 5.38. The number of allylic oxidation sites excluding steroid dienone is 1. The van der Waals surface area contributed by atoms with Gasteiger partial charge in [-0.3, -0.25) is 0 Å². The molecule has 1 atom stereocenters. The van der Waals surface area contributed by atoms with Gasteiger partial charge in [-0.25, -0.2) is 0 Å². The highest BCUT2D eigenvalue weighted by Crippen LogP contribution is 2.28. The molecule has 0 aliphatic carbocycles. The van der Waals surface area contributed by atoms with Crippen molar-refractivity contribution in [3.05, 3.63) is 48.4 Å². The van der Waals surface area contributed by atoms with Crippen LogP contribution in [-0.2, 0) is 0 Å². The van der Waals surface area contributed by atoms with Crippen LogP contribution in [0.3, 0.4) is 0 Å². The van der Waals surface area contributed by atoms with Gasteiger partial charge in [-0.05, 0) is 37.6 Å². The number of hydrogen-bond acceptors (Lipinski definition) is 1. The lowest BCUT2D eigenvalue weighted by molar-refractivity contribution is 0.340. The number of ether oxygens (including phenoxy) is 1. The van der Waals surface area contributed by atoms with Gasteiger partial charge >= 0.3 is 0 Å². The number of rotatable bonds is 4. The summed E-state index contributed by atoms with van der Waals surface area (Å²) in [6, 6.07) is 5.58. The molecule has 1 nitrogen and oxygen atoms in total. The zero-order valence-corrected chi connectivity index (χ0v) is 9.05. The van der Waals surface area contributed by atoms with E-state index in [1.54, 1.807) is 6.08 Å². The van der Waals surface area contributed by atoms with Crippen LogP contribution in [0.4, 0.5) is 0 Å². The standard InChI is InChI=1S/C12H14ClO/c1-4-9(3)11-8-10(14-5-2)6-7-12(11)13/h4,6-9H,1,3,5H2,2H3. The summed E-state index contributed by atoms with van der Waals surface area (Å²) in [5, 5.41) is 0.702. The van der Waals surface area contributed by atoms with Gasteiger partial charge in [-0.15, -0.1) is 6.58 Å². The fraction of sp³-hybridized carbons (Fsp3) is 0.250. The highest BCUT2D eigenvalue weighted by atomic mass is 35.5. The van der Waals surface area contributed by atoms with Gasteiger partial charge in [0, 0.05) is 10.9 Å². The van der Waals surface area contributed by atoms with Crippen LogP contribution in [0.5, 0.6) is 5.75 Å². The van der Waals surface area contributed by atoms with Crippen molar-refractivity contribution < 1.29 is 4.74 Å². The highest BCUT2D eigenvalue weighted by Gasteiger charge is 2.07. The summed E-state index contributed by atoms with van der Waals surface area (Å²) in [6.07, 6.45) is 1.76. The molecule has 0 amide bonds. The third-order valence-corrected chi connectivity index (χ3v) is 2.31. The van der Waals surface area contributed by atoms with Crippen molar-refractivity contribution in [3.63, 3.8) is 0 Å². The van der Waals surface area contributed by atoms with Crippen LogP contribution < -0.4 is 4.74 Å². The van der Waals surface area contributed by atoms with E-state index >= 15 is 0 Å². The molecule has 14 heavy (non-hydrogen) atoms. The molecule has 2 heteroatoms. The van der Waals surface area contributed by atoms with Crippen LogP contribution in [0.1, 0.15) is 18.4 Å². The van der Waals surface area contributed by atoms with Crippen LogP contribution in [-0.4, -0.2) is 6.61 Å². The SMILES string of the molecule is [CH2]C(C=C)c1cc(OCC)ccc1Cl. The van der Waals surface area contributed by atoms with E-state index in [2.05, 4.69) is 13.5 Å². The molecule has 1 radical (unpaired) electrons. The number of benzene rings is 1. The number of halogens is 1. The molecule has 0 aliphatic rings. The molecule has 0 bridgehead atoms. The zero-order chi connectivity index (χ0) is 10.6. The molecular weight excluding hydrogens is 196 g/mol. The van der Waals surface area contributed by atoms with Crippen LogP contribution in [0.25, 0.3) is 0 Å². The maximum absolute atomic E-state index is 6.03. The van der Waals surface area contributed by atoms with Gasteiger partial charge in [0.05, 0.1) is 6.61 Å². The van der Waals surface area contributed by atoms with E-state index < -0.39 is 0 Å². The van der Waals surface area contributed by atoms with Crippen LogP contribution in [0, 0.1) is 6.92 Å². The smallest absolute Gasteiger partial charge is 0.119 e. The second kappa shape index (κ2) is 5.06. The third-order valence-electron chi connectivity index (χ3n) is 1.96. The first-order chi connectivity index (χ1) is 6.69. The van der Waals surface area contributed by atoms with E-state index in [1.165, 1.54) is 0 Å². The molecule has 0 saturated heterocycles. The Labute approximate surface area is 90.3 Å². The quantitative estimate of drug-likeness (QED) is 0.685. The van der Waals surface area contributed by atoms with Crippen LogP contribution >= 0.6 is 11.6 Å². The van der Waals surface area contributed by atoms with E-state index in [9.17, 15) is 0 Å². The maximum Gasteiger partial charge on any atom is 0.119 e. The second-order valence-corrected chi connectivity index (χ2v) is 3.37. The molecule has 0 aromatic heterocycles. The first-order valence-electron chi connectivity index (χ1n) is 4.57. The topological polar surface area (TPSA) is 9.23 Å². The van der Waals surface area contributed by atoms with Crippen molar-refractivity contribution in [2.45, 2.75) is 12.8 Å². The Bertz CT molecular complexity index is 320. The second-order valence-electron chi connectivity index (χ2n) is 2.96. The molecule has 0 heterocycles. The van der Waals surface area contributed by atoms with Gasteiger partial charge in [-0.2, -0.15) is 0 Å². The predicted octanol–water partition coefficient (Wildman–Crippen LogP) is 3.84. The van der Waals surface area contributed by atoms with Crippen LogP contribution in [0.2, 0.25) is 5.02 Å². The Hall–Kier alpha value is -0.950. The highest BCUT2D eigenvalue weighted by molar-refractivity contribution is 6.31. The maximum atomic E-state index is 6.03. The van der Waals surface area contributed by atoms with Gasteiger partial charge in [-0.1, -0.05) is 17.7 Å². The van der Waals surface area contributed by atoms with E-state index in [0.29, 0.717) is 11.6 Å². The zero-order valence-electron chi connectivity index (χ0n) is 8.29. The fourth-order valence-electron chi connectivity index (χ4n) is 1.19. The molecule has 1 aromatic rings. The van der Waals surface area contributed by atoms with Crippen molar-refractivity contribution in [2.75, 3.05) is 6.61 Å². The molecule has 1 unspecified atom stereocenters. The number of hydrogen-bond donors (Lipinski definition) is 0. The molecule has 0 saturated carbocycles. The summed E-state index contributed by atoms with van der Waals surface area (Å²) in [5.74, 6) is 0.824. The Kier molecular flexibility index (Phi) is 4.02. The molecule has 0 aliphatic heterocycles. The van der Waals surface area contributed by atoms with E-state index in [4.69, 9.17) is 16.3 Å². The summed E-state index contributed by atoms with van der Waals surface area (Å²) in [7, 11) is 0. The average Bonchev–Trinajstić information content (AvgIpc) is 2.20. The van der Waals surface area contributed by atoms with Crippen molar-refractivity contribution >= 4 is 11.6 Å². The molecule has 0 N–H and O–H groups in total. The van der Waals surface area contributed by atoms with Crippen molar-refractivity contribution in [1.29, 1.82) is 0 Å². The Morgan fingerprint density at radius 3 is 2.86 bits per heavy atom. The Morgan fingerprint density at radius 2 is 2.29 bits per heavy atom. The minimum atomic E-state index is 0.00269. The lowest BCUT2D eigenvalue weighted by atomic mass is 10.0. The molecule has 75 valence electrons. The normalized spacial score (nSPS) is 12.2. The van der Waals surface area contributed by atoms with Crippen molar-refractivity contribution in [3.8, 4) is 5.75 Å². The summed E-state index contributed by atoms with van der Waals surface area (Å²) in [6.45, 7) is 10.2. The molecule has 1 rings (SSSR count). The van der Waals surface area contributed by atoms with Crippen molar-refractivity contribution in [1.82, 2.24) is 0 Å². The first-order valence-corrected chi connectivity index (χ1v) is 4.94. The lowest BCUT2D eigenvalue weighted by Gasteiger charge is -2.11. The minimum Gasteiger partial charge on any atom is -0.494 e. The third kappa shape index (κ3) is 2.52.